The van der Waals surface area contributed by atoms with E-state index in [-0.39, 0.29) is 22.8 Å². The summed E-state index contributed by atoms with van der Waals surface area (Å²) in [5.41, 5.74) is 6.29. The fourth-order valence-corrected chi connectivity index (χ4v) is 3.64. The number of hydrogen-bond donors (Lipinski definition) is 1. The van der Waals surface area contributed by atoms with Gasteiger partial charge in [-0.2, -0.15) is 0 Å². The molecule has 0 aliphatic rings. The molecule has 6 heteroatoms. The first-order valence-corrected chi connectivity index (χ1v) is 8.05. The molecule has 2 aromatic carbocycles. The zero-order valence-electron chi connectivity index (χ0n) is 10.5. The predicted molar refractivity (Wildman–Crippen MR) is 78.6 cm³/mol. The molecule has 2 N–H and O–H groups in total. The monoisotopic (exact) mass is 313 g/mol. The summed E-state index contributed by atoms with van der Waals surface area (Å²) in [4.78, 5) is 0. The highest BCUT2D eigenvalue weighted by Gasteiger charge is 2.17. The quantitative estimate of drug-likeness (QED) is 0.882. The number of hydrogen-bond acceptors (Lipinski definition) is 3. The van der Waals surface area contributed by atoms with Crippen LogP contribution in [0.15, 0.2) is 42.5 Å². The Balaban J connectivity index is 2.22. The zero-order valence-corrected chi connectivity index (χ0v) is 12.1. The molecule has 2 aromatic rings. The van der Waals surface area contributed by atoms with E-state index < -0.39 is 15.7 Å². The van der Waals surface area contributed by atoms with Gasteiger partial charge in [0.05, 0.1) is 11.5 Å². The summed E-state index contributed by atoms with van der Waals surface area (Å²) < 4.78 is 37.8. The first-order chi connectivity index (χ1) is 9.37. The van der Waals surface area contributed by atoms with Gasteiger partial charge in [0.2, 0.25) is 0 Å². The van der Waals surface area contributed by atoms with Crippen molar-refractivity contribution >= 4 is 27.1 Å². The summed E-state index contributed by atoms with van der Waals surface area (Å²) in [6.07, 6.45) is 0. The Morgan fingerprint density at radius 1 is 1.05 bits per heavy atom. The standard InChI is InChI=1S/C14H13ClFNO2S/c15-13-4-2-1-3-10(13)8-20(18,19)9-11-5-6-12(17)7-14(11)16/h1-7H,8-9,17H2. The van der Waals surface area contributed by atoms with Crippen LogP contribution in [0.5, 0.6) is 0 Å². The normalized spacial score (nSPS) is 11.5. The maximum absolute atomic E-state index is 13.6. The van der Waals surface area contributed by atoms with Gasteiger partial charge in [0.15, 0.2) is 9.84 Å². The minimum atomic E-state index is -3.51. The van der Waals surface area contributed by atoms with Crippen LogP contribution >= 0.6 is 11.6 Å². The lowest BCUT2D eigenvalue weighted by Gasteiger charge is -2.07. The molecule has 0 saturated carbocycles. The van der Waals surface area contributed by atoms with Crippen molar-refractivity contribution in [3.8, 4) is 0 Å². The van der Waals surface area contributed by atoms with Crippen LogP contribution in [0.25, 0.3) is 0 Å². The third-order valence-corrected chi connectivity index (χ3v) is 4.66. The SMILES string of the molecule is Nc1ccc(CS(=O)(=O)Cc2ccccc2Cl)c(F)c1. The van der Waals surface area contributed by atoms with Crippen molar-refractivity contribution in [1.29, 1.82) is 0 Å². The first kappa shape index (κ1) is 14.8. The van der Waals surface area contributed by atoms with Crippen molar-refractivity contribution in [2.24, 2.45) is 0 Å². The molecule has 0 fully saturated rings. The Bertz CT molecular complexity index is 732. The topological polar surface area (TPSA) is 60.2 Å². The number of halogens is 2. The number of rotatable bonds is 4. The molecule has 0 saturated heterocycles. The van der Waals surface area contributed by atoms with Crippen LogP contribution in [0.3, 0.4) is 0 Å². The van der Waals surface area contributed by atoms with Crippen LogP contribution in [0.2, 0.25) is 5.02 Å². The number of anilines is 1. The molecule has 0 radical (unpaired) electrons. The summed E-state index contributed by atoms with van der Waals surface area (Å²) in [6.45, 7) is 0. The molecule has 0 aliphatic carbocycles. The van der Waals surface area contributed by atoms with E-state index >= 15 is 0 Å². The van der Waals surface area contributed by atoms with Crippen molar-refractivity contribution in [3.05, 3.63) is 64.4 Å². The maximum atomic E-state index is 13.6. The smallest absolute Gasteiger partial charge is 0.158 e. The van der Waals surface area contributed by atoms with Crippen LogP contribution in [-0.4, -0.2) is 8.42 Å². The molecule has 0 unspecified atom stereocenters. The van der Waals surface area contributed by atoms with Gasteiger partial charge in [0.1, 0.15) is 5.82 Å². The van der Waals surface area contributed by atoms with Crippen molar-refractivity contribution in [2.45, 2.75) is 11.5 Å². The van der Waals surface area contributed by atoms with E-state index in [4.69, 9.17) is 17.3 Å². The van der Waals surface area contributed by atoms with Crippen LogP contribution in [0.1, 0.15) is 11.1 Å². The molecular formula is C14H13ClFNO2S. The van der Waals surface area contributed by atoms with E-state index in [0.29, 0.717) is 10.6 Å². The Kier molecular flexibility index (Phi) is 4.30. The zero-order chi connectivity index (χ0) is 14.8. The molecule has 2 rings (SSSR count). The van der Waals surface area contributed by atoms with E-state index in [9.17, 15) is 12.8 Å². The minimum absolute atomic E-state index is 0.103. The fourth-order valence-electron chi connectivity index (χ4n) is 1.82. The largest absolute Gasteiger partial charge is 0.399 e. The van der Waals surface area contributed by atoms with Gasteiger partial charge in [-0.25, -0.2) is 12.8 Å². The molecule has 106 valence electrons. The second kappa shape index (κ2) is 5.81. The lowest BCUT2D eigenvalue weighted by Crippen LogP contribution is -2.09. The lowest BCUT2D eigenvalue weighted by atomic mass is 10.2. The molecule has 0 aromatic heterocycles. The third kappa shape index (κ3) is 3.71. The summed E-state index contributed by atoms with van der Waals surface area (Å²) in [7, 11) is -3.51. The highest BCUT2D eigenvalue weighted by molar-refractivity contribution is 7.89. The summed E-state index contributed by atoms with van der Waals surface area (Å²) in [5.74, 6) is -1.23. The molecule has 0 bridgehead atoms. The minimum Gasteiger partial charge on any atom is -0.399 e. The van der Waals surface area contributed by atoms with Crippen molar-refractivity contribution < 1.29 is 12.8 Å². The van der Waals surface area contributed by atoms with Crippen molar-refractivity contribution in [3.63, 3.8) is 0 Å². The molecular weight excluding hydrogens is 301 g/mol. The number of sulfone groups is 1. The van der Waals surface area contributed by atoms with Crippen molar-refractivity contribution in [2.75, 3.05) is 5.73 Å². The molecule has 0 spiro atoms. The van der Waals surface area contributed by atoms with E-state index in [1.54, 1.807) is 24.3 Å². The number of nitrogens with two attached hydrogens (primary N) is 1. The Labute approximate surface area is 122 Å². The van der Waals surface area contributed by atoms with E-state index in [1.165, 1.54) is 12.1 Å². The van der Waals surface area contributed by atoms with Gasteiger partial charge in [-0.3, -0.25) is 0 Å². The lowest BCUT2D eigenvalue weighted by molar-refractivity contribution is 0.586. The van der Waals surface area contributed by atoms with Crippen LogP contribution < -0.4 is 5.73 Å². The summed E-state index contributed by atoms with van der Waals surface area (Å²) in [6, 6.07) is 10.7. The van der Waals surface area contributed by atoms with Gasteiger partial charge in [0, 0.05) is 16.3 Å². The number of nitrogen functional groups attached to an aromatic ring is 1. The number of benzene rings is 2. The third-order valence-electron chi connectivity index (χ3n) is 2.79. The first-order valence-electron chi connectivity index (χ1n) is 5.85. The van der Waals surface area contributed by atoms with Crippen LogP contribution in [0.4, 0.5) is 10.1 Å². The van der Waals surface area contributed by atoms with E-state index in [1.807, 2.05) is 0 Å². The van der Waals surface area contributed by atoms with Crippen LogP contribution in [0, 0.1) is 5.82 Å². The predicted octanol–water partition coefficient (Wildman–Crippen LogP) is 3.18. The van der Waals surface area contributed by atoms with Crippen molar-refractivity contribution in [1.82, 2.24) is 0 Å². The molecule has 0 aliphatic heterocycles. The molecule has 20 heavy (non-hydrogen) atoms. The summed E-state index contributed by atoms with van der Waals surface area (Å²) in [5, 5.41) is 0.383. The Hall–Kier alpha value is -1.59. The van der Waals surface area contributed by atoms with E-state index in [0.717, 1.165) is 6.07 Å². The molecule has 3 nitrogen and oxygen atoms in total. The molecule has 0 heterocycles. The van der Waals surface area contributed by atoms with E-state index in [2.05, 4.69) is 0 Å². The average molecular weight is 314 g/mol. The van der Waals surface area contributed by atoms with Gasteiger partial charge >= 0.3 is 0 Å². The van der Waals surface area contributed by atoms with Gasteiger partial charge in [-0.1, -0.05) is 35.9 Å². The van der Waals surface area contributed by atoms with Gasteiger partial charge in [-0.15, -0.1) is 0 Å². The Morgan fingerprint density at radius 2 is 1.70 bits per heavy atom. The second-order valence-corrected chi connectivity index (χ2v) is 6.95. The van der Waals surface area contributed by atoms with Crippen LogP contribution in [-0.2, 0) is 21.3 Å². The highest BCUT2D eigenvalue weighted by atomic mass is 35.5. The van der Waals surface area contributed by atoms with Gasteiger partial charge < -0.3 is 5.73 Å². The second-order valence-electron chi connectivity index (χ2n) is 4.47. The fraction of sp³-hybridized carbons (Fsp3) is 0.143. The Morgan fingerprint density at radius 3 is 2.35 bits per heavy atom. The highest BCUT2D eigenvalue weighted by Crippen LogP contribution is 2.21. The van der Waals surface area contributed by atoms with Gasteiger partial charge in [-0.05, 0) is 23.8 Å². The molecule has 0 atom stereocenters. The molecule has 0 amide bonds. The maximum Gasteiger partial charge on any atom is 0.158 e. The summed E-state index contributed by atoms with van der Waals surface area (Å²) >= 11 is 5.93. The van der Waals surface area contributed by atoms with Gasteiger partial charge in [0.25, 0.3) is 0 Å². The average Bonchev–Trinajstić information content (AvgIpc) is 2.35.